The average molecular weight is 127 g/mol. The van der Waals surface area contributed by atoms with Crippen LogP contribution in [-0.4, -0.2) is 17.2 Å². The molecule has 9 heavy (non-hydrogen) atoms. The number of aromatic amines is 1. The molecule has 0 fully saturated rings. The molecule has 0 spiro atoms. The fourth-order valence-corrected chi connectivity index (χ4v) is 0.395. The summed E-state index contributed by atoms with van der Waals surface area (Å²) in [5, 5.41) is 9.32. The summed E-state index contributed by atoms with van der Waals surface area (Å²) >= 11 is 0. The van der Waals surface area contributed by atoms with Crippen molar-refractivity contribution in [2.45, 2.75) is 13.8 Å². The van der Waals surface area contributed by atoms with Gasteiger partial charge in [-0.3, -0.25) is 5.10 Å². The monoisotopic (exact) mass is 127 g/mol. The van der Waals surface area contributed by atoms with Crippen LogP contribution < -0.4 is 5.32 Å². The second kappa shape index (κ2) is 5.15. The fraction of sp³-hybridized carbons (Fsp3) is 0.500. The minimum absolute atomic E-state index is 0.944. The molecule has 0 amide bonds. The van der Waals surface area contributed by atoms with Crippen molar-refractivity contribution in [2.75, 3.05) is 12.4 Å². The third-order valence-electron chi connectivity index (χ3n) is 0.770. The first kappa shape index (κ1) is 8.01. The fourth-order valence-electron chi connectivity index (χ4n) is 0.395. The maximum atomic E-state index is 3.71. The van der Waals surface area contributed by atoms with Gasteiger partial charge >= 0.3 is 0 Å². The zero-order chi connectivity index (χ0) is 7.11. The molecule has 0 aromatic carbocycles. The number of aromatic nitrogens is 2. The minimum atomic E-state index is 0.944. The van der Waals surface area contributed by atoms with Gasteiger partial charge in [-0.2, -0.15) is 5.10 Å². The molecule has 0 radical (unpaired) electrons. The first-order chi connectivity index (χ1) is 4.43. The van der Waals surface area contributed by atoms with Gasteiger partial charge in [-0.15, -0.1) is 0 Å². The van der Waals surface area contributed by atoms with Gasteiger partial charge in [-0.25, -0.2) is 0 Å². The maximum Gasteiger partial charge on any atom is 0.121 e. The molecule has 0 aliphatic heterocycles. The molecule has 1 rings (SSSR count). The second-order valence-corrected chi connectivity index (χ2v) is 1.22. The van der Waals surface area contributed by atoms with Crippen molar-refractivity contribution >= 4 is 5.82 Å². The zero-order valence-electron chi connectivity index (χ0n) is 6.10. The first-order valence-corrected chi connectivity index (χ1v) is 3.10. The Kier molecular flexibility index (Phi) is 4.59. The molecule has 2 N–H and O–H groups in total. The van der Waals surface area contributed by atoms with Crippen LogP contribution in [-0.2, 0) is 0 Å². The highest BCUT2D eigenvalue weighted by atomic mass is 15.2. The molecule has 3 nitrogen and oxygen atoms in total. The van der Waals surface area contributed by atoms with E-state index in [0.717, 1.165) is 5.82 Å². The third kappa shape index (κ3) is 2.74. The van der Waals surface area contributed by atoms with Crippen LogP contribution in [0.2, 0.25) is 0 Å². The summed E-state index contributed by atoms with van der Waals surface area (Å²) < 4.78 is 0. The topological polar surface area (TPSA) is 40.7 Å². The smallest absolute Gasteiger partial charge is 0.121 e. The van der Waals surface area contributed by atoms with Crippen molar-refractivity contribution in [3.8, 4) is 0 Å². The standard InChI is InChI=1S/C4H7N3.C2H6/c1-5-4-2-3-6-7-4;1-2/h2-3H,1H3,(H2,5,6,7);1-2H3. The van der Waals surface area contributed by atoms with E-state index in [1.807, 2.05) is 27.0 Å². The number of rotatable bonds is 1. The molecule has 0 aliphatic carbocycles. The van der Waals surface area contributed by atoms with Gasteiger partial charge in [0, 0.05) is 7.05 Å². The van der Waals surface area contributed by atoms with Gasteiger partial charge in [0.2, 0.25) is 0 Å². The number of nitrogens with one attached hydrogen (secondary N) is 2. The van der Waals surface area contributed by atoms with Gasteiger partial charge in [-0.1, -0.05) is 13.8 Å². The number of H-pyrrole nitrogens is 1. The molecule has 0 aliphatic rings. The molecular weight excluding hydrogens is 114 g/mol. The lowest BCUT2D eigenvalue weighted by molar-refractivity contribution is 1.09. The van der Waals surface area contributed by atoms with E-state index in [9.17, 15) is 0 Å². The lowest BCUT2D eigenvalue weighted by atomic mass is 10.6. The molecule has 1 heterocycles. The van der Waals surface area contributed by atoms with Crippen molar-refractivity contribution in [1.29, 1.82) is 0 Å². The molecule has 0 atom stereocenters. The Hall–Kier alpha value is -0.990. The van der Waals surface area contributed by atoms with Crippen molar-refractivity contribution in [1.82, 2.24) is 10.2 Å². The van der Waals surface area contributed by atoms with Crippen LogP contribution in [0.1, 0.15) is 13.8 Å². The van der Waals surface area contributed by atoms with E-state index < -0.39 is 0 Å². The van der Waals surface area contributed by atoms with Crippen molar-refractivity contribution in [3.63, 3.8) is 0 Å². The van der Waals surface area contributed by atoms with Crippen LogP contribution >= 0.6 is 0 Å². The summed E-state index contributed by atoms with van der Waals surface area (Å²) in [6, 6.07) is 1.86. The van der Waals surface area contributed by atoms with Crippen LogP contribution in [0.4, 0.5) is 5.82 Å². The minimum Gasteiger partial charge on any atom is -0.374 e. The highest BCUT2D eigenvalue weighted by molar-refractivity contribution is 5.29. The predicted molar refractivity (Wildman–Crippen MR) is 39.5 cm³/mol. The van der Waals surface area contributed by atoms with Crippen molar-refractivity contribution < 1.29 is 0 Å². The number of anilines is 1. The predicted octanol–water partition coefficient (Wildman–Crippen LogP) is 1.48. The highest BCUT2D eigenvalue weighted by Crippen LogP contribution is 1.93. The third-order valence-corrected chi connectivity index (χ3v) is 0.770. The van der Waals surface area contributed by atoms with Gasteiger partial charge in [0.05, 0.1) is 6.20 Å². The number of hydrogen-bond acceptors (Lipinski definition) is 2. The van der Waals surface area contributed by atoms with Crippen LogP contribution in [0.3, 0.4) is 0 Å². The second-order valence-electron chi connectivity index (χ2n) is 1.22. The Morgan fingerprint density at radius 1 is 1.56 bits per heavy atom. The van der Waals surface area contributed by atoms with Gasteiger partial charge < -0.3 is 5.32 Å². The number of hydrogen-bond donors (Lipinski definition) is 2. The summed E-state index contributed by atoms with van der Waals surface area (Å²) in [6.07, 6.45) is 1.70. The summed E-state index contributed by atoms with van der Waals surface area (Å²) in [4.78, 5) is 0. The van der Waals surface area contributed by atoms with E-state index >= 15 is 0 Å². The van der Waals surface area contributed by atoms with Crippen molar-refractivity contribution in [3.05, 3.63) is 12.3 Å². The van der Waals surface area contributed by atoms with E-state index in [-0.39, 0.29) is 0 Å². The largest absolute Gasteiger partial charge is 0.374 e. The Labute approximate surface area is 55.5 Å². The normalized spacial score (nSPS) is 7.44. The SMILES string of the molecule is CC.CNc1ccn[nH]1. The van der Waals surface area contributed by atoms with E-state index in [4.69, 9.17) is 0 Å². The lowest BCUT2D eigenvalue weighted by Crippen LogP contribution is -1.85. The van der Waals surface area contributed by atoms with E-state index in [2.05, 4.69) is 15.5 Å². The quantitative estimate of drug-likeness (QED) is 0.600. The summed E-state index contributed by atoms with van der Waals surface area (Å²) in [5.74, 6) is 0.944. The molecule has 0 bridgehead atoms. The van der Waals surface area contributed by atoms with E-state index in [1.54, 1.807) is 6.20 Å². The van der Waals surface area contributed by atoms with E-state index in [0.29, 0.717) is 0 Å². The Bertz CT molecular complexity index is 123. The van der Waals surface area contributed by atoms with Crippen LogP contribution in [0, 0.1) is 0 Å². The number of nitrogens with zero attached hydrogens (tertiary/aromatic N) is 1. The molecule has 1 aromatic rings. The molecule has 0 unspecified atom stereocenters. The summed E-state index contributed by atoms with van der Waals surface area (Å²) in [6.45, 7) is 4.00. The maximum absolute atomic E-state index is 3.71. The molecule has 3 heteroatoms. The van der Waals surface area contributed by atoms with Gasteiger partial charge in [-0.05, 0) is 6.07 Å². The lowest BCUT2D eigenvalue weighted by Gasteiger charge is -1.86. The van der Waals surface area contributed by atoms with Crippen LogP contribution in [0.25, 0.3) is 0 Å². The zero-order valence-corrected chi connectivity index (χ0v) is 6.10. The first-order valence-electron chi connectivity index (χ1n) is 3.10. The molecule has 0 saturated heterocycles. The van der Waals surface area contributed by atoms with Crippen LogP contribution in [0.5, 0.6) is 0 Å². The van der Waals surface area contributed by atoms with Crippen molar-refractivity contribution in [2.24, 2.45) is 0 Å². The average Bonchev–Trinajstić information content (AvgIpc) is 2.43. The van der Waals surface area contributed by atoms with E-state index in [1.165, 1.54) is 0 Å². The Balaban J connectivity index is 0.000000291. The summed E-state index contributed by atoms with van der Waals surface area (Å²) in [5.41, 5.74) is 0. The van der Waals surface area contributed by atoms with Gasteiger partial charge in [0.25, 0.3) is 0 Å². The highest BCUT2D eigenvalue weighted by Gasteiger charge is 1.80. The van der Waals surface area contributed by atoms with Gasteiger partial charge in [0.15, 0.2) is 0 Å². The Morgan fingerprint density at radius 2 is 2.22 bits per heavy atom. The Morgan fingerprint density at radius 3 is 2.44 bits per heavy atom. The molecular formula is C6H13N3. The molecule has 52 valence electrons. The van der Waals surface area contributed by atoms with Crippen LogP contribution in [0.15, 0.2) is 12.3 Å². The summed E-state index contributed by atoms with van der Waals surface area (Å²) in [7, 11) is 1.84. The van der Waals surface area contributed by atoms with Gasteiger partial charge in [0.1, 0.15) is 5.82 Å². The molecule has 1 aromatic heterocycles. The molecule has 0 saturated carbocycles.